The Morgan fingerprint density at radius 1 is 1.09 bits per heavy atom. The fraction of sp³-hybridized carbons (Fsp3) is 0.316. The molecule has 0 spiro atoms. The number of anilines is 1. The number of hydrogen-bond donors (Lipinski definition) is 2. The molecule has 4 nitrogen and oxygen atoms in total. The summed E-state index contributed by atoms with van der Waals surface area (Å²) in [6.07, 6.45) is 0. The summed E-state index contributed by atoms with van der Waals surface area (Å²) in [4.78, 5) is 14.7. The number of hydrogen-bond acceptors (Lipinski definition) is 3. The van der Waals surface area contributed by atoms with E-state index in [-0.39, 0.29) is 11.9 Å². The minimum atomic E-state index is -0.132. The molecule has 0 aromatic heterocycles. The molecule has 23 heavy (non-hydrogen) atoms. The highest BCUT2D eigenvalue weighted by molar-refractivity contribution is 5.85. The van der Waals surface area contributed by atoms with Gasteiger partial charge >= 0.3 is 0 Å². The van der Waals surface area contributed by atoms with Gasteiger partial charge in [0, 0.05) is 38.3 Å². The van der Waals surface area contributed by atoms with Crippen LogP contribution in [0.15, 0.2) is 48.5 Å². The second-order valence-corrected chi connectivity index (χ2v) is 6.24. The zero-order valence-electron chi connectivity index (χ0n) is 13.3. The molecule has 118 valence electrons. The SMILES string of the molecule is CNc1ccc([C@H]2CN3CCNC(=O)[C@@H]3c3ccccc32)cc1. The molecule has 2 aromatic rings. The van der Waals surface area contributed by atoms with E-state index in [0.29, 0.717) is 5.92 Å². The van der Waals surface area contributed by atoms with Crippen molar-refractivity contribution < 1.29 is 4.79 Å². The van der Waals surface area contributed by atoms with Gasteiger partial charge in [-0.1, -0.05) is 36.4 Å². The van der Waals surface area contributed by atoms with Crippen LogP contribution >= 0.6 is 0 Å². The minimum Gasteiger partial charge on any atom is -0.388 e. The Bertz CT molecular complexity index is 726. The maximum absolute atomic E-state index is 12.4. The second kappa shape index (κ2) is 5.70. The van der Waals surface area contributed by atoms with E-state index in [4.69, 9.17) is 0 Å². The number of carbonyl (C=O) groups excluding carboxylic acids is 1. The summed E-state index contributed by atoms with van der Waals surface area (Å²) in [6, 6.07) is 16.9. The van der Waals surface area contributed by atoms with E-state index in [2.05, 4.69) is 58.0 Å². The van der Waals surface area contributed by atoms with E-state index in [1.807, 2.05) is 13.1 Å². The highest BCUT2D eigenvalue weighted by atomic mass is 16.2. The molecular weight excluding hydrogens is 286 g/mol. The summed E-state index contributed by atoms with van der Waals surface area (Å²) in [5.74, 6) is 0.451. The van der Waals surface area contributed by atoms with Gasteiger partial charge < -0.3 is 10.6 Å². The molecule has 2 heterocycles. The Kier molecular flexibility index (Phi) is 3.54. The highest BCUT2D eigenvalue weighted by Gasteiger charge is 2.39. The van der Waals surface area contributed by atoms with E-state index in [0.717, 1.165) is 30.9 Å². The van der Waals surface area contributed by atoms with Crippen LogP contribution in [0.3, 0.4) is 0 Å². The first-order valence-electron chi connectivity index (χ1n) is 8.16. The average Bonchev–Trinajstić information content (AvgIpc) is 2.61. The van der Waals surface area contributed by atoms with Crippen molar-refractivity contribution >= 4 is 11.6 Å². The van der Waals surface area contributed by atoms with Gasteiger partial charge in [-0.25, -0.2) is 0 Å². The van der Waals surface area contributed by atoms with Crippen LogP contribution in [0.25, 0.3) is 0 Å². The van der Waals surface area contributed by atoms with Crippen LogP contribution in [-0.2, 0) is 4.79 Å². The lowest BCUT2D eigenvalue weighted by Gasteiger charge is -2.43. The van der Waals surface area contributed by atoms with Crippen molar-refractivity contribution in [2.24, 2.45) is 0 Å². The van der Waals surface area contributed by atoms with Crippen molar-refractivity contribution in [3.05, 3.63) is 65.2 Å². The Morgan fingerprint density at radius 3 is 2.57 bits per heavy atom. The van der Waals surface area contributed by atoms with Crippen molar-refractivity contribution in [1.82, 2.24) is 10.2 Å². The van der Waals surface area contributed by atoms with Crippen LogP contribution in [0.5, 0.6) is 0 Å². The van der Waals surface area contributed by atoms with Gasteiger partial charge in [-0.3, -0.25) is 9.69 Å². The number of piperazine rings is 1. The third kappa shape index (κ3) is 2.39. The summed E-state index contributed by atoms with van der Waals surface area (Å²) in [5, 5.41) is 6.17. The number of nitrogens with zero attached hydrogens (tertiary/aromatic N) is 1. The van der Waals surface area contributed by atoms with Crippen molar-refractivity contribution in [3.63, 3.8) is 0 Å². The number of amides is 1. The Morgan fingerprint density at radius 2 is 1.83 bits per heavy atom. The average molecular weight is 307 g/mol. The number of rotatable bonds is 2. The monoisotopic (exact) mass is 307 g/mol. The molecule has 2 aliphatic heterocycles. The van der Waals surface area contributed by atoms with Crippen LogP contribution in [0.1, 0.15) is 28.7 Å². The van der Waals surface area contributed by atoms with E-state index in [9.17, 15) is 4.79 Å². The first-order valence-corrected chi connectivity index (χ1v) is 8.16. The zero-order valence-corrected chi connectivity index (χ0v) is 13.3. The Hall–Kier alpha value is -2.33. The smallest absolute Gasteiger partial charge is 0.242 e. The zero-order chi connectivity index (χ0) is 15.8. The summed E-state index contributed by atoms with van der Waals surface area (Å²) < 4.78 is 0. The lowest BCUT2D eigenvalue weighted by molar-refractivity contribution is -0.129. The summed E-state index contributed by atoms with van der Waals surface area (Å²) in [5.41, 5.74) is 4.86. The van der Waals surface area contributed by atoms with E-state index < -0.39 is 0 Å². The molecule has 2 aliphatic rings. The molecule has 1 saturated heterocycles. The largest absolute Gasteiger partial charge is 0.388 e. The maximum atomic E-state index is 12.4. The summed E-state index contributed by atoms with van der Waals surface area (Å²) in [6.45, 7) is 2.55. The molecule has 0 radical (unpaired) electrons. The summed E-state index contributed by atoms with van der Waals surface area (Å²) >= 11 is 0. The molecule has 2 aromatic carbocycles. The normalized spacial score (nSPS) is 23.6. The molecule has 4 heteroatoms. The lowest BCUT2D eigenvalue weighted by atomic mass is 9.80. The van der Waals surface area contributed by atoms with Crippen molar-refractivity contribution in [2.75, 3.05) is 32.0 Å². The quantitative estimate of drug-likeness (QED) is 0.895. The van der Waals surface area contributed by atoms with Crippen LogP contribution in [0, 0.1) is 0 Å². The van der Waals surface area contributed by atoms with Gasteiger partial charge in [-0.15, -0.1) is 0 Å². The number of carbonyl (C=O) groups is 1. The van der Waals surface area contributed by atoms with Crippen molar-refractivity contribution in [1.29, 1.82) is 0 Å². The second-order valence-electron chi connectivity index (χ2n) is 6.24. The van der Waals surface area contributed by atoms with E-state index >= 15 is 0 Å². The lowest BCUT2D eigenvalue weighted by Crippen LogP contribution is -2.53. The number of nitrogens with one attached hydrogen (secondary N) is 2. The first kappa shape index (κ1) is 14.3. The molecule has 2 N–H and O–H groups in total. The molecule has 4 rings (SSSR count). The molecule has 0 unspecified atom stereocenters. The Labute approximate surface area is 136 Å². The predicted molar refractivity (Wildman–Crippen MR) is 91.6 cm³/mol. The van der Waals surface area contributed by atoms with Gasteiger partial charge in [-0.2, -0.15) is 0 Å². The number of benzene rings is 2. The standard InChI is InChI=1S/C19H21N3O/c1-20-14-8-6-13(7-9-14)17-12-22-11-10-21-19(23)18(22)16-5-3-2-4-15(16)17/h2-9,17-18,20H,10-12H2,1H3,(H,21,23)/t17-,18+/m1/s1. The molecule has 1 amide bonds. The third-order valence-corrected chi connectivity index (χ3v) is 5.00. The third-order valence-electron chi connectivity index (χ3n) is 5.00. The van der Waals surface area contributed by atoms with Crippen molar-refractivity contribution in [2.45, 2.75) is 12.0 Å². The van der Waals surface area contributed by atoms with Crippen LogP contribution in [0.4, 0.5) is 5.69 Å². The molecule has 1 fully saturated rings. The minimum absolute atomic E-state index is 0.132. The fourth-order valence-corrected chi connectivity index (χ4v) is 3.83. The Balaban J connectivity index is 1.78. The van der Waals surface area contributed by atoms with Crippen LogP contribution in [0.2, 0.25) is 0 Å². The highest BCUT2D eigenvalue weighted by Crippen LogP contribution is 2.40. The molecule has 0 aliphatic carbocycles. The van der Waals surface area contributed by atoms with Gasteiger partial charge in [0.05, 0.1) is 0 Å². The number of fused-ring (bicyclic) bond motifs is 3. The predicted octanol–water partition coefficient (Wildman–Crippen LogP) is 2.35. The molecule has 2 atom stereocenters. The fourth-order valence-electron chi connectivity index (χ4n) is 3.83. The van der Waals surface area contributed by atoms with Gasteiger partial charge in [0.2, 0.25) is 5.91 Å². The maximum Gasteiger partial charge on any atom is 0.242 e. The van der Waals surface area contributed by atoms with Gasteiger partial charge in [-0.05, 0) is 28.8 Å². The van der Waals surface area contributed by atoms with Crippen molar-refractivity contribution in [3.8, 4) is 0 Å². The van der Waals surface area contributed by atoms with Gasteiger partial charge in [0.25, 0.3) is 0 Å². The topological polar surface area (TPSA) is 44.4 Å². The first-order chi connectivity index (χ1) is 11.3. The van der Waals surface area contributed by atoms with E-state index in [1.54, 1.807) is 0 Å². The molecule has 0 bridgehead atoms. The van der Waals surface area contributed by atoms with Gasteiger partial charge in [0.1, 0.15) is 6.04 Å². The van der Waals surface area contributed by atoms with Gasteiger partial charge in [0.15, 0.2) is 0 Å². The van der Waals surface area contributed by atoms with E-state index in [1.165, 1.54) is 11.1 Å². The van der Waals surface area contributed by atoms with Crippen LogP contribution < -0.4 is 10.6 Å². The summed E-state index contributed by atoms with van der Waals surface area (Å²) in [7, 11) is 1.93. The molecule has 0 saturated carbocycles. The van der Waals surface area contributed by atoms with Crippen LogP contribution in [-0.4, -0.2) is 37.5 Å². The molecular formula is C19H21N3O.